The van der Waals surface area contributed by atoms with Crippen molar-refractivity contribution >= 4 is 17.9 Å². The topological polar surface area (TPSA) is 101 Å². The van der Waals surface area contributed by atoms with Gasteiger partial charge in [0.1, 0.15) is 12.0 Å². The monoisotopic (exact) mass is 530 g/mol. The molecule has 4 rings (SSSR count). The van der Waals surface area contributed by atoms with Crippen molar-refractivity contribution in [2.24, 2.45) is 50.7 Å². The Labute approximate surface area is 229 Å². The molecule has 4 aliphatic carbocycles. The first-order valence-corrected chi connectivity index (χ1v) is 14.8. The Morgan fingerprint density at radius 1 is 0.868 bits per heavy atom. The number of esters is 1. The third-order valence-electron chi connectivity index (χ3n) is 12.6. The number of hydrogen-bond acceptors (Lipinski definition) is 4. The summed E-state index contributed by atoms with van der Waals surface area (Å²) in [4.78, 5) is 37.7. The zero-order valence-corrected chi connectivity index (χ0v) is 24.9. The maximum Gasteiger partial charge on any atom is 0.331 e. The number of aliphatic carboxylic acids is 2. The lowest BCUT2D eigenvalue weighted by atomic mass is 9.33. The molecule has 0 unspecified atom stereocenters. The molecule has 4 saturated carbocycles. The van der Waals surface area contributed by atoms with Gasteiger partial charge < -0.3 is 14.9 Å². The number of fused-ring (bicyclic) bond motifs is 5. The Kier molecular flexibility index (Phi) is 7.18. The third-order valence-corrected chi connectivity index (χ3v) is 12.6. The molecule has 7 atom stereocenters. The van der Waals surface area contributed by atoms with E-state index in [2.05, 4.69) is 34.6 Å². The molecule has 4 aliphatic rings. The van der Waals surface area contributed by atoms with Crippen LogP contribution in [-0.4, -0.2) is 34.7 Å². The quantitative estimate of drug-likeness (QED) is 0.290. The van der Waals surface area contributed by atoms with Crippen molar-refractivity contribution in [1.29, 1.82) is 0 Å². The van der Waals surface area contributed by atoms with E-state index in [1.807, 2.05) is 13.8 Å². The summed E-state index contributed by atoms with van der Waals surface area (Å²) in [5, 5.41) is 21.1. The van der Waals surface area contributed by atoms with Gasteiger partial charge in [0.25, 0.3) is 0 Å². The molecule has 214 valence electrons. The predicted molar refractivity (Wildman–Crippen MR) is 146 cm³/mol. The van der Waals surface area contributed by atoms with E-state index >= 15 is 0 Å². The van der Waals surface area contributed by atoms with E-state index in [0.717, 1.165) is 19.3 Å². The summed E-state index contributed by atoms with van der Waals surface area (Å²) in [7, 11) is 0. The first-order valence-electron chi connectivity index (χ1n) is 14.8. The summed E-state index contributed by atoms with van der Waals surface area (Å²) in [5.41, 5.74) is -0.474. The van der Waals surface area contributed by atoms with Crippen molar-refractivity contribution in [2.75, 3.05) is 6.61 Å². The lowest BCUT2D eigenvalue weighted by Gasteiger charge is -2.71. The largest absolute Gasteiger partial charge is 0.480 e. The van der Waals surface area contributed by atoms with E-state index in [1.54, 1.807) is 0 Å². The zero-order valence-electron chi connectivity index (χ0n) is 24.9. The maximum absolute atomic E-state index is 13.1. The first kappa shape index (κ1) is 29.1. The second-order valence-corrected chi connectivity index (χ2v) is 14.9. The van der Waals surface area contributed by atoms with Crippen LogP contribution in [0, 0.1) is 50.7 Å². The summed E-state index contributed by atoms with van der Waals surface area (Å²) in [5.74, 6) is -1.99. The van der Waals surface area contributed by atoms with Gasteiger partial charge in [0.15, 0.2) is 0 Å². The minimum atomic E-state index is -1.51. The minimum Gasteiger partial charge on any atom is -0.480 e. The molecule has 0 aromatic rings. The zero-order chi connectivity index (χ0) is 28.5. The average molecular weight is 531 g/mol. The Hall–Kier alpha value is -1.85. The molecule has 0 aromatic heterocycles. The molecule has 0 heterocycles. The molecule has 0 bridgehead atoms. The van der Waals surface area contributed by atoms with Crippen LogP contribution in [0.1, 0.15) is 113 Å². The Morgan fingerprint density at radius 3 is 2.08 bits per heavy atom. The van der Waals surface area contributed by atoms with Crippen molar-refractivity contribution in [3.05, 3.63) is 11.1 Å². The molecule has 0 amide bonds. The van der Waals surface area contributed by atoms with E-state index in [-0.39, 0.29) is 46.7 Å². The van der Waals surface area contributed by atoms with E-state index in [0.29, 0.717) is 29.2 Å². The smallest absolute Gasteiger partial charge is 0.331 e. The molecule has 38 heavy (non-hydrogen) atoms. The highest BCUT2D eigenvalue weighted by molar-refractivity contribution is 5.91. The normalized spacial score (nSPS) is 43.3. The number of ether oxygens (including phenoxy) is 1. The lowest BCUT2D eigenvalue weighted by Crippen LogP contribution is -2.65. The molecule has 4 fully saturated rings. The molecular formula is C32H50O6. The van der Waals surface area contributed by atoms with Gasteiger partial charge in [-0.3, -0.25) is 9.59 Å². The van der Waals surface area contributed by atoms with E-state index in [4.69, 9.17) is 4.74 Å². The van der Waals surface area contributed by atoms with E-state index in [1.165, 1.54) is 32.6 Å². The number of carboxylic acids is 2. The molecule has 0 spiro atoms. The van der Waals surface area contributed by atoms with Gasteiger partial charge in [-0.25, -0.2) is 4.79 Å². The van der Waals surface area contributed by atoms with Gasteiger partial charge in [0.2, 0.25) is 0 Å². The van der Waals surface area contributed by atoms with Gasteiger partial charge in [-0.05, 0) is 102 Å². The van der Waals surface area contributed by atoms with E-state index in [9.17, 15) is 24.6 Å². The standard InChI is InChI=1S/C32H50O6/c1-19(2)24(26(34)35)25-21-10-11-23-29(6)14-9-13-28(4,5)22(29)12-15-31(23,8)30(21,7)16-17-32(25,27(36)37)18-38-20(3)33/h19,21-23H,9-18H2,1-8H3,(H,34,35)(H,36,37)/t21-,22+,23-,29+,30-,31-,32+/m1/s1. The SMILES string of the molecule is CC(=O)OC[C@@]1(C(=O)O)CC[C@]2(C)[C@H](CC[C@@H]3[C@@]4(C)CCCC(C)(C)[C@@H]4CC[C@]32C)C1=C(C(=O)O)C(C)C. The molecule has 0 saturated heterocycles. The van der Waals surface area contributed by atoms with Gasteiger partial charge in [0, 0.05) is 12.5 Å². The molecule has 0 aromatic carbocycles. The van der Waals surface area contributed by atoms with Crippen LogP contribution in [0.3, 0.4) is 0 Å². The number of rotatable bonds is 5. The Balaban J connectivity index is 1.89. The fraction of sp³-hybridized carbons (Fsp3) is 0.844. The number of hydrogen-bond donors (Lipinski definition) is 2. The summed E-state index contributed by atoms with van der Waals surface area (Å²) in [6, 6.07) is 0. The average Bonchev–Trinajstić information content (AvgIpc) is 2.78. The maximum atomic E-state index is 13.1. The summed E-state index contributed by atoms with van der Waals surface area (Å²) < 4.78 is 5.39. The fourth-order valence-electron chi connectivity index (χ4n) is 10.7. The van der Waals surface area contributed by atoms with Crippen LogP contribution in [0.15, 0.2) is 11.1 Å². The number of carbonyl (C=O) groups excluding carboxylic acids is 1. The van der Waals surface area contributed by atoms with Gasteiger partial charge in [-0.15, -0.1) is 0 Å². The molecular weight excluding hydrogens is 480 g/mol. The predicted octanol–water partition coefficient (Wildman–Crippen LogP) is 7.12. The Bertz CT molecular complexity index is 1040. The van der Waals surface area contributed by atoms with Gasteiger partial charge in [0.05, 0.1) is 0 Å². The highest BCUT2D eigenvalue weighted by atomic mass is 16.5. The summed E-state index contributed by atoms with van der Waals surface area (Å²) in [6.07, 6.45) is 8.77. The van der Waals surface area contributed by atoms with Crippen molar-refractivity contribution in [3.63, 3.8) is 0 Å². The van der Waals surface area contributed by atoms with Gasteiger partial charge in [-0.2, -0.15) is 0 Å². The summed E-state index contributed by atoms with van der Waals surface area (Å²) in [6.45, 7) is 16.9. The van der Waals surface area contributed by atoms with Crippen LogP contribution >= 0.6 is 0 Å². The van der Waals surface area contributed by atoms with Crippen LogP contribution in [0.5, 0.6) is 0 Å². The van der Waals surface area contributed by atoms with Crippen molar-refractivity contribution in [1.82, 2.24) is 0 Å². The number of carbonyl (C=O) groups is 3. The van der Waals surface area contributed by atoms with Crippen molar-refractivity contribution in [2.45, 2.75) is 113 Å². The van der Waals surface area contributed by atoms with Crippen LogP contribution in [-0.2, 0) is 19.1 Å². The minimum absolute atomic E-state index is 0.0213. The highest BCUT2D eigenvalue weighted by Gasteiger charge is 2.69. The Morgan fingerprint density at radius 2 is 1.53 bits per heavy atom. The molecule has 0 aliphatic heterocycles. The fourth-order valence-corrected chi connectivity index (χ4v) is 10.7. The third kappa shape index (κ3) is 3.98. The first-order chi connectivity index (χ1) is 17.5. The van der Waals surface area contributed by atoms with Crippen LogP contribution < -0.4 is 0 Å². The van der Waals surface area contributed by atoms with Gasteiger partial charge in [-0.1, -0.05) is 54.9 Å². The van der Waals surface area contributed by atoms with Crippen LogP contribution in [0.2, 0.25) is 0 Å². The molecule has 6 nitrogen and oxygen atoms in total. The second-order valence-electron chi connectivity index (χ2n) is 14.9. The van der Waals surface area contributed by atoms with Gasteiger partial charge >= 0.3 is 17.9 Å². The molecule has 6 heteroatoms. The van der Waals surface area contributed by atoms with Crippen LogP contribution in [0.4, 0.5) is 0 Å². The lowest BCUT2D eigenvalue weighted by molar-refractivity contribution is -0.215. The van der Waals surface area contributed by atoms with Crippen LogP contribution in [0.25, 0.3) is 0 Å². The molecule has 0 radical (unpaired) electrons. The second kappa shape index (κ2) is 9.37. The number of carboxylic acid groups (broad SMARTS) is 2. The van der Waals surface area contributed by atoms with Crippen molar-refractivity contribution < 1.29 is 29.3 Å². The molecule has 2 N–H and O–H groups in total. The van der Waals surface area contributed by atoms with Crippen molar-refractivity contribution in [3.8, 4) is 0 Å². The summed E-state index contributed by atoms with van der Waals surface area (Å²) >= 11 is 0. The highest BCUT2D eigenvalue weighted by Crippen LogP contribution is 2.75. The van der Waals surface area contributed by atoms with E-state index < -0.39 is 23.3 Å².